The molecule has 0 saturated heterocycles. The molecule has 1 aliphatic carbocycles. The maximum atomic E-state index is 12.7. The van der Waals surface area contributed by atoms with Crippen molar-refractivity contribution in [3.63, 3.8) is 0 Å². The number of aryl methyl sites for hydroxylation is 2. The lowest BCUT2D eigenvalue weighted by Crippen LogP contribution is -2.40. The van der Waals surface area contributed by atoms with E-state index in [9.17, 15) is 4.79 Å². The minimum atomic E-state index is -0.0385. The lowest BCUT2D eigenvalue weighted by atomic mass is 9.78. The van der Waals surface area contributed by atoms with Gasteiger partial charge in [0.05, 0.1) is 23.0 Å². The second-order valence-corrected chi connectivity index (χ2v) is 8.08. The number of carbonyl (C=O) groups is 1. The van der Waals surface area contributed by atoms with Crippen molar-refractivity contribution in [3.8, 4) is 0 Å². The highest BCUT2D eigenvalue weighted by atomic mass is 16.1. The van der Waals surface area contributed by atoms with E-state index in [1.165, 1.54) is 19.3 Å². The Morgan fingerprint density at radius 3 is 2.61 bits per heavy atom. The summed E-state index contributed by atoms with van der Waals surface area (Å²) in [5.41, 5.74) is 2.16. The number of rotatable bonds is 7. The molecule has 1 aliphatic rings. The van der Waals surface area contributed by atoms with Gasteiger partial charge in [-0.05, 0) is 43.5 Å². The van der Waals surface area contributed by atoms with E-state index in [0.717, 1.165) is 42.5 Å². The fourth-order valence-electron chi connectivity index (χ4n) is 4.64. The monoisotopic (exact) mass is 378 g/mol. The van der Waals surface area contributed by atoms with Crippen molar-refractivity contribution in [1.29, 1.82) is 0 Å². The Morgan fingerprint density at radius 2 is 1.86 bits per heavy atom. The number of carbonyl (C=O) groups excluding carboxylic acids is 1. The van der Waals surface area contributed by atoms with Crippen LogP contribution in [-0.2, 0) is 23.8 Å². The van der Waals surface area contributed by atoms with Gasteiger partial charge in [-0.25, -0.2) is 4.98 Å². The van der Waals surface area contributed by atoms with Crippen molar-refractivity contribution in [2.75, 3.05) is 6.54 Å². The molecule has 0 spiro atoms. The van der Waals surface area contributed by atoms with Crippen LogP contribution >= 0.6 is 0 Å². The van der Waals surface area contributed by atoms with Gasteiger partial charge >= 0.3 is 0 Å². The summed E-state index contributed by atoms with van der Waals surface area (Å²) in [4.78, 5) is 17.4. The quantitative estimate of drug-likeness (QED) is 0.627. The predicted molar refractivity (Wildman–Crippen MR) is 112 cm³/mol. The highest BCUT2D eigenvalue weighted by Gasteiger charge is 2.35. The number of para-hydroxylation sites is 2. The van der Waals surface area contributed by atoms with Crippen LogP contribution < -0.4 is 5.32 Å². The van der Waals surface area contributed by atoms with Crippen LogP contribution in [0.1, 0.15) is 50.8 Å². The second-order valence-electron chi connectivity index (χ2n) is 8.08. The van der Waals surface area contributed by atoms with E-state index in [4.69, 9.17) is 4.98 Å². The van der Waals surface area contributed by atoms with E-state index < -0.39 is 0 Å². The zero-order valence-electron chi connectivity index (χ0n) is 16.7. The summed E-state index contributed by atoms with van der Waals surface area (Å²) < 4.78 is 4.42. The van der Waals surface area contributed by atoms with Gasteiger partial charge in [-0.1, -0.05) is 31.4 Å². The van der Waals surface area contributed by atoms with Crippen molar-refractivity contribution in [3.05, 3.63) is 54.6 Å². The number of aromatic nitrogens is 3. The maximum Gasteiger partial charge on any atom is 0.222 e. The van der Waals surface area contributed by atoms with Gasteiger partial charge in [0, 0.05) is 32.4 Å². The molecule has 1 N–H and O–H groups in total. The number of fused-ring (bicyclic) bond motifs is 1. The summed E-state index contributed by atoms with van der Waals surface area (Å²) in [7, 11) is 2.06. The molecule has 1 aromatic carbocycles. The molecule has 1 amide bonds. The fourth-order valence-corrected chi connectivity index (χ4v) is 4.64. The van der Waals surface area contributed by atoms with Crippen molar-refractivity contribution in [1.82, 2.24) is 19.4 Å². The zero-order chi connectivity index (χ0) is 19.4. The molecule has 4 rings (SSSR count). The average molecular weight is 379 g/mol. The van der Waals surface area contributed by atoms with Crippen LogP contribution in [0.3, 0.4) is 0 Å². The zero-order valence-corrected chi connectivity index (χ0v) is 16.7. The predicted octanol–water partition coefficient (Wildman–Crippen LogP) is 4.17. The third kappa shape index (κ3) is 3.84. The standard InChI is InChI=1S/C23H30N4O/c1-26-20-11-4-3-10-19(20)25-21(26)12-9-15-24-22(28)18-23(13-5-2-6-14-23)27-16-7-8-17-27/h3-4,7-8,10-11,16-17H,2,5-6,9,12-15,18H2,1H3,(H,24,28). The van der Waals surface area contributed by atoms with Gasteiger partial charge in [0.2, 0.25) is 5.91 Å². The molecular weight excluding hydrogens is 348 g/mol. The number of nitrogens with one attached hydrogen (secondary N) is 1. The van der Waals surface area contributed by atoms with Crippen LogP contribution in [0, 0.1) is 0 Å². The molecule has 1 fully saturated rings. The topological polar surface area (TPSA) is 51.9 Å². The van der Waals surface area contributed by atoms with Crippen LogP contribution in [0.25, 0.3) is 11.0 Å². The molecule has 28 heavy (non-hydrogen) atoms. The number of hydrogen-bond donors (Lipinski definition) is 1. The van der Waals surface area contributed by atoms with Gasteiger partial charge in [0.25, 0.3) is 0 Å². The van der Waals surface area contributed by atoms with Crippen molar-refractivity contribution in [2.45, 2.75) is 56.9 Å². The van der Waals surface area contributed by atoms with Crippen LogP contribution in [0.4, 0.5) is 0 Å². The Labute approximate surface area is 166 Å². The van der Waals surface area contributed by atoms with Gasteiger partial charge in [-0.15, -0.1) is 0 Å². The van der Waals surface area contributed by atoms with E-state index in [-0.39, 0.29) is 11.4 Å². The number of imidazole rings is 1. The number of amides is 1. The van der Waals surface area contributed by atoms with Gasteiger partial charge in [-0.3, -0.25) is 4.79 Å². The third-order valence-corrected chi connectivity index (χ3v) is 6.21. The molecule has 0 unspecified atom stereocenters. The highest BCUT2D eigenvalue weighted by Crippen LogP contribution is 2.37. The van der Waals surface area contributed by atoms with E-state index in [0.29, 0.717) is 13.0 Å². The van der Waals surface area contributed by atoms with Gasteiger partial charge in [0.1, 0.15) is 5.82 Å². The van der Waals surface area contributed by atoms with Crippen molar-refractivity contribution < 1.29 is 4.79 Å². The molecule has 0 aliphatic heterocycles. The molecule has 0 bridgehead atoms. The highest BCUT2D eigenvalue weighted by molar-refractivity contribution is 5.77. The van der Waals surface area contributed by atoms with Crippen molar-refractivity contribution >= 4 is 16.9 Å². The molecule has 0 radical (unpaired) electrons. The smallest absolute Gasteiger partial charge is 0.222 e. The van der Waals surface area contributed by atoms with Crippen LogP contribution in [0.2, 0.25) is 0 Å². The second kappa shape index (κ2) is 8.21. The van der Waals surface area contributed by atoms with E-state index in [1.807, 2.05) is 18.2 Å². The van der Waals surface area contributed by atoms with Crippen LogP contribution in [0.5, 0.6) is 0 Å². The number of hydrogen-bond acceptors (Lipinski definition) is 2. The van der Waals surface area contributed by atoms with Gasteiger partial charge in [0.15, 0.2) is 0 Å². The fraction of sp³-hybridized carbons (Fsp3) is 0.478. The van der Waals surface area contributed by atoms with E-state index in [1.54, 1.807) is 0 Å². The van der Waals surface area contributed by atoms with Crippen molar-refractivity contribution in [2.24, 2.45) is 7.05 Å². The molecule has 1 saturated carbocycles. The number of benzene rings is 1. The summed E-state index contributed by atoms with van der Waals surface area (Å²) in [6, 6.07) is 12.3. The Bertz CT molecular complexity index is 919. The Hall–Kier alpha value is -2.56. The largest absolute Gasteiger partial charge is 0.356 e. The molecule has 5 nitrogen and oxygen atoms in total. The molecule has 0 atom stereocenters. The first-order chi connectivity index (χ1) is 13.7. The average Bonchev–Trinajstić information content (AvgIpc) is 3.36. The first-order valence-corrected chi connectivity index (χ1v) is 10.5. The first-order valence-electron chi connectivity index (χ1n) is 10.5. The van der Waals surface area contributed by atoms with Gasteiger partial charge in [-0.2, -0.15) is 0 Å². The normalized spacial score (nSPS) is 16.3. The molecular formula is C23H30N4O. The summed E-state index contributed by atoms with van der Waals surface area (Å²) >= 11 is 0. The minimum Gasteiger partial charge on any atom is -0.356 e. The SMILES string of the molecule is Cn1c(CCCNC(=O)CC2(n3cccc3)CCCCC2)nc2ccccc21. The molecule has 3 aromatic rings. The Balaban J connectivity index is 1.31. The van der Waals surface area contributed by atoms with Crippen LogP contribution in [0.15, 0.2) is 48.8 Å². The molecule has 148 valence electrons. The lowest BCUT2D eigenvalue weighted by molar-refractivity contribution is -0.123. The maximum absolute atomic E-state index is 12.7. The molecule has 2 heterocycles. The minimum absolute atomic E-state index is 0.0385. The summed E-state index contributed by atoms with van der Waals surface area (Å²) in [6.07, 6.45) is 12.5. The number of nitrogens with zero attached hydrogens (tertiary/aromatic N) is 3. The molecule has 2 aromatic heterocycles. The van der Waals surface area contributed by atoms with E-state index >= 15 is 0 Å². The van der Waals surface area contributed by atoms with Crippen LogP contribution in [-0.4, -0.2) is 26.6 Å². The lowest BCUT2D eigenvalue weighted by Gasteiger charge is -2.38. The van der Waals surface area contributed by atoms with Gasteiger partial charge < -0.3 is 14.5 Å². The summed E-state index contributed by atoms with van der Waals surface area (Å²) in [6.45, 7) is 0.698. The third-order valence-electron chi connectivity index (χ3n) is 6.21. The summed E-state index contributed by atoms with van der Waals surface area (Å²) in [5.74, 6) is 1.24. The van der Waals surface area contributed by atoms with E-state index in [2.05, 4.69) is 52.1 Å². The first kappa shape index (κ1) is 18.8. The Kier molecular flexibility index (Phi) is 5.51. The Morgan fingerprint density at radius 1 is 1.11 bits per heavy atom. The molecule has 5 heteroatoms. The summed E-state index contributed by atoms with van der Waals surface area (Å²) in [5, 5.41) is 3.15.